The van der Waals surface area contributed by atoms with Crippen molar-refractivity contribution in [2.45, 2.75) is 33.4 Å². The fourth-order valence-corrected chi connectivity index (χ4v) is 7.47. The summed E-state index contributed by atoms with van der Waals surface area (Å²) >= 11 is 0. The second-order valence-corrected chi connectivity index (χ2v) is 15.0. The first-order valence-electron chi connectivity index (χ1n) is 11.8. The van der Waals surface area contributed by atoms with Crippen LogP contribution in [-0.4, -0.2) is 39.3 Å². The van der Waals surface area contributed by atoms with Crippen molar-refractivity contribution in [1.29, 1.82) is 0 Å². The minimum Gasteiger partial charge on any atom is -0.269 e. The van der Waals surface area contributed by atoms with Crippen molar-refractivity contribution in [2.75, 3.05) is 22.7 Å². The summed E-state index contributed by atoms with van der Waals surface area (Å²) in [6, 6.07) is 24.0. The maximum Gasteiger partial charge on any atom is 0.264 e. The molecule has 204 valence electrons. The molecule has 0 radical (unpaired) electrons. The van der Waals surface area contributed by atoms with Crippen molar-refractivity contribution < 1.29 is 25.3 Å². The highest BCUT2D eigenvalue weighted by Crippen LogP contribution is 2.29. The summed E-state index contributed by atoms with van der Waals surface area (Å²) in [6.45, 7) is 3.72. The molecule has 0 N–H and O–H groups in total. The predicted molar refractivity (Wildman–Crippen MR) is 152 cm³/mol. The highest BCUT2D eigenvalue weighted by molar-refractivity contribution is 7.93. The Balaban J connectivity index is 1.56. The number of benzene rings is 4. The van der Waals surface area contributed by atoms with Gasteiger partial charge >= 0.3 is 0 Å². The van der Waals surface area contributed by atoms with Gasteiger partial charge in [-0.25, -0.2) is 25.3 Å². The van der Waals surface area contributed by atoms with Crippen LogP contribution in [0.1, 0.15) is 11.1 Å². The van der Waals surface area contributed by atoms with Gasteiger partial charge in [-0.2, -0.15) is 0 Å². The Morgan fingerprint density at radius 3 is 0.949 bits per heavy atom. The van der Waals surface area contributed by atoms with Crippen LogP contribution >= 0.6 is 0 Å². The highest BCUT2D eigenvalue weighted by Gasteiger charge is 2.24. The molecular formula is C28H28N2O6S3. The lowest BCUT2D eigenvalue weighted by Gasteiger charge is -2.20. The van der Waals surface area contributed by atoms with E-state index in [0.29, 0.717) is 11.4 Å². The Hall–Kier alpha value is -3.67. The van der Waals surface area contributed by atoms with Gasteiger partial charge in [0.1, 0.15) is 0 Å². The van der Waals surface area contributed by atoms with Crippen LogP contribution in [0.2, 0.25) is 0 Å². The second kappa shape index (κ2) is 10.5. The number of sulfonamides is 2. The summed E-state index contributed by atoms with van der Waals surface area (Å²) in [7, 11) is -8.79. The van der Waals surface area contributed by atoms with Gasteiger partial charge in [0.2, 0.25) is 9.84 Å². The van der Waals surface area contributed by atoms with Gasteiger partial charge < -0.3 is 0 Å². The first kappa shape index (κ1) is 28.3. The largest absolute Gasteiger partial charge is 0.269 e. The molecule has 0 fully saturated rings. The van der Waals surface area contributed by atoms with Crippen LogP contribution in [0.5, 0.6) is 0 Å². The third-order valence-electron chi connectivity index (χ3n) is 6.38. The molecule has 4 aromatic rings. The van der Waals surface area contributed by atoms with E-state index in [1.807, 2.05) is 13.8 Å². The van der Waals surface area contributed by atoms with Crippen LogP contribution in [-0.2, 0) is 29.9 Å². The second-order valence-electron chi connectivity index (χ2n) is 9.06. The van der Waals surface area contributed by atoms with E-state index in [2.05, 4.69) is 0 Å². The Labute approximate surface area is 230 Å². The number of sulfone groups is 1. The average molecular weight is 585 g/mol. The first-order chi connectivity index (χ1) is 18.2. The average Bonchev–Trinajstić information content (AvgIpc) is 2.93. The molecule has 0 aromatic heterocycles. The summed E-state index contributed by atoms with van der Waals surface area (Å²) in [5.41, 5.74) is 2.46. The molecule has 0 amide bonds. The van der Waals surface area contributed by atoms with E-state index in [-0.39, 0.29) is 19.6 Å². The molecule has 8 nitrogen and oxygen atoms in total. The monoisotopic (exact) mass is 584 g/mol. The Morgan fingerprint density at radius 2 is 0.667 bits per heavy atom. The van der Waals surface area contributed by atoms with Gasteiger partial charge in [0.05, 0.1) is 31.0 Å². The lowest BCUT2D eigenvalue weighted by Crippen LogP contribution is -2.26. The molecule has 0 atom stereocenters. The summed E-state index contributed by atoms with van der Waals surface area (Å²) in [5.74, 6) is 0. The van der Waals surface area contributed by atoms with E-state index in [0.717, 1.165) is 19.7 Å². The fourth-order valence-electron chi connectivity index (χ4n) is 3.82. The van der Waals surface area contributed by atoms with Crippen LogP contribution < -0.4 is 8.61 Å². The standard InChI is InChI=1S/C28H28N2O6S3/c1-21-5-13-27(14-6-21)38(33,34)29(3)23-9-17-25(18-10-23)37(31,32)26-19-11-24(12-20-26)30(4)39(35,36)28-15-7-22(2)8-16-28/h5-20H,1-4H3. The van der Waals surface area contributed by atoms with Crippen molar-refractivity contribution in [3.05, 3.63) is 108 Å². The van der Waals surface area contributed by atoms with E-state index in [9.17, 15) is 25.3 Å². The summed E-state index contributed by atoms with van der Waals surface area (Å²) in [6.07, 6.45) is 0. The molecule has 11 heteroatoms. The SMILES string of the molecule is Cc1ccc(S(=O)(=O)N(C)c2ccc(S(=O)(=O)c3ccc(N(C)S(=O)(=O)c4ccc(C)cc4)cc3)cc2)cc1. The Morgan fingerprint density at radius 1 is 0.410 bits per heavy atom. The zero-order valence-corrected chi connectivity index (χ0v) is 24.3. The first-order valence-corrected chi connectivity index (χ1v) is 16.2. The van der Waals surface area contributed by atoms with Gasteiger partial charge in [-0.1, -0.05) is 35.4 Å². The van der Waals surface area contributed by atoms with Gasteiger partial charge in [0, 0.05) is 14.1 Å². The summed E-state index contributed by atoms with van der Waals surface area (Å²) in [4.78, 5) is 0.199. The maximum absolute atomic E-state index is 13.2. The van der Waals surface area contributed by atoms with Gasteiger partial charge in [0.25, 0.3) is 20.0 Å². The zero-order valence-electron chi connectivity index (χ0n) is 21.8. The molecule has 39 heavy (non-hydrogen) atoms. The third kappa shape index (κ3) is 5.56. The molecule has 0 heterocycles. The van der Waals surface area contributed by atoms with E-state index in [1.54, 1.807) is 24.3 Å². The van der Waals surface area contributed by atoms with Gasteiger partial charge in [-0.05, 0) is 86.6 Å². The van der Waals surface area contributed by atoms with Crippen LogP contribution in [0.25, 0.3) is 0 Å². The molecule has 4 aromatic carbocycles. The van der Waals surface area contributed by atoms with Gasteiger partial charge in [0.15, 0.2) is 0 Å². The smallest absolute Gasteiger partial charge is 0.264 e. The Kier molecular flexibility index (Phi) is 7.61. The molecule has 0 aliphatic heterocycles. The molecule has 0 aliphatic rings. The quantitative estimate of drug-likeness (QED) is 0.295. The normalized spacial score (nSPS) is 12.2. The van der Waals surface area contributed by atoms with Crippen LogP contribution in [0.3, 0.4) is 0 Å². The van der Waals surface area contributed by atoms with Crippen molar-refractivity contribution in [3.8, 4) is 0 Å². The lowest BCUT2D eigenvalue weighted by atomic mass is 10.2. The van der Waals surface area contributed by atoms with Crippen molar-refractivity contribution in [3.63, 3.8) is 0 Å². The van der Waals surface area contributed by atoms with Crippen LogP contribution in [0.15, 0.2) is 117 Å². The number of hydrogen-bond donors (Lipinski definition) is 0. The molecular weight excluding hydrogens is 557 g/mol. The number of nitrogens with zero attached hydrogens (tertiary/aromatic N) is 2. The number of hydrogen-bond acceptors (Lipinski definition) is 6. The lowest BCUT2D eigenvalue weighted by molar-refractivity contribution is 0.592. The predicted octanol–water partition coefficient (Wildman–Crippen LogP) is 4.79. The van der Waals surface area contributed by atoms with Crippen LogP contribution in [0.4, 0.5) is 11.4 Å². The van der Waals surface area contributed by atoms with Crippen LogP contribution in [0, 0.1) is 13.8 Å². The molecule has 0 saturated heterocycles. The minimum absolute atomic E-state index is 0.0271. The highest BCUT2D eigenvalue weighted by atomic mass is 32.2. The van der Waals surface area contributed by atoms with Crippen molar-refractivity contribution in [1.82, 2.24) is 0 Å². The number of anilines is 2. The van der Waals surface area contributed by atoms with Gasteiger partial charge in [-0.3, -0.25) is 8.61 Å². The molecule has 4 rings (SSSR count). The summed E-state index contributed by atoms with van der Waals surface area (Å²) < 4.78 is 80.5. The molecule has 0 saturated carbocycles. The van der Waals surface area contributed by atoms with E-state index < -0.39 is 29.9 Å². The Bertz CT molecular complexity index is 1670. The molecule has 0 unspecified atom stereocenters. The van der Waals surface area contributed by atoms with E-state index in [1.165, 1.54) is 86.9 Å². The maximum atomic E-state index is 13.2. The van der Waals surface area contributed by atoms with Crippen molar-refractivity contribution >= 4 is 41.3 Å². The van der Waals surface area contributed by atoms with E-state index in [4.69, 9.17) is 0 Å². The summed E-state index contributed by atoms with van der Waals surface area (Å²) in [5, 5.41) is 0. The zero-order chi connectivity index (χ0) is 28.6. The minimum atomic E-state index is -3.94. The molecule has 0 bridgehead atoms. The molecule has 0 aliphatic carbocycles. The fraction of sp³-hybridized carbons (Fsp3) is 0.143. The number of rotatable bonds is 8. The third-order valence-corrected chi connectivity index (χ3v) is 11.8. The molecule has 0 spiro atoms. The van der Waals surface area contributed by atoms with E-state index >= 15 is 0 Å². The van der Waals surface area contributed by atoms with Gasteiger partial charge in [-0.15, -0.1) is 0 Å². The van der Waals surface area contributed by atoms with Crippen molar-refractivity contribution in [2.24, 2.45) is 0 Å². The number of aryl methyl sites for hydroxylation is 2. The topological polar surface area (TPSA) is 109 Å².